The van der Waals surface area contributed by atoms with Crippen molar-refractivity contribution < 1.29 is 18.7 Å². The molecule has 3 rings (SSSR count). The molecular formula is C20H18ClN3O4. The van der Waals surface area contributed by atoms with Gasteiger partial charge in [0, 0.05) is 17.4 Å². The first-order valence-corrected chi connectivity index (χ1v) is 8.81. The van der Waals surface area contributed by atoms with Crippen molar-refractivity contribution in [2.24, 2.45) is 0 Å². The molecule has 0 fully saturated rings. The predicted octanol–water partition coefficient (Wildman–Crippen LogP) is 4.60. The molecule has 0 bridgehead atoms. The third-order valence-electron chi connectivity index (χ3n) is 3.53. The number of hydrogen-bond donors (Lipinski definition) is 1. The number of anilines is 1. The Labute approximate surface area is 166 Å². The number of oxazole rings is 1. The van der Waals surface area contributed by atoms with Gasteiger partial charge in [-0.15, -0.1) is 0 Å². The zero-order chi connectivity index (χ0) is 20.3. The van der Waals surface area contributed by atoms with Gasteiger partial charge in [0.2, 0.25) is 0 Å². The lowest BCUT2D eigenvalue weighted by atomic mass is 10.1. The van der Waals surface area contributed by atoms with Gasteiger partial charge in [-0.25, -0.2) is 14.8 Å². The van der Waals surface area contributed by atoms with Crippen molar-refractivity contribution in [3.63, 3.8) is 0 Å². The Bertz CT molecular complexity index is 1020. The summed E-state index contributed by atoms with van der Waals surface area (Å²) in [5.74, 6) is -0.837. The zero-order valence-electron chi connectivity index (χ0n) is 15.5. The van der Waals surface area contributed by atoms with E-state index in [0.717, 1.165) is 0 Å². The lowest BCUT2D eigenvalue weighted by Crippen LogP contribution is -2.24. The highest BCUT2D eigenvalue weighted by Crippen LogP contribution is 2.30. The van der Waals surface area contributed by atoms with Crippen LogP contribution >= 0.6 is 11.6 Å². The zero-order valence-corrected chi connectivity index (χ0v) is 16.3. The molecule has 0 aliphatic carbocycles. The molecule has 2 heterocycles. The fourth-order valence-electron chi connectivity index (χ4n) is 2.38. The third-order valence-corrected chi connectivity index (χ3v) is 3.86. The highest BCUT2D eigenvalue weighted by atomic mass is 35.5. The number of rotatable bonds is 4. The lowest BCUT2D eigenvalue weighted by molar-refractivity contribution is 0.00627. The minimum atomic E-state index is -0.650. The van der Waals surface area contributed by atoms with E-state index in [0.29, 0.717) is 16.3 Å². The lowest BCUT2D eigenvalue weighted by Gasteiger charge is -2.19. The molecule has 28 heavy (non-hydrogen) atoms. The number of hydrogen-bond acceptors (Lipinski definition) is 6. The standard InChI is InChI=1S/C20H18ClN3O4/c1-20(2,3)28-19(26)15-10-12(8-9-22-15)24-18(25)16-17(27-11-23-16)13-6-4-5-7-14(13)21/h4-11H,1-3H3,(H,22,24,25). The Hall–Kier alpha value is -3.19. The van der Waals surface area contributed by atoms with Crippen LogP contribution in [-0.2, 0) is 4.74 Å². The van der Waals surface area contributed by atoms with Gasteiger partial charge in [-0.2, -0.15) is 0 Å². The smallest absolute Gasteiger partial charge is 0.357 e. The summed E-state index contributed by atoms with van der Waals surface area (Å²) in [6.07, 6.45) is 2.58. The Morgan fingerprint density at radius 1 is 1.14 bits per heavy atom. The average molecular weight is 400 g/mol. The first kappa shape index (κ1) is 19.6. The molecule has 0 radical (unpaired) electrons. The van der Waals surface area contributed by atoms with Gasteiger partial charge in [-0.05, 0) is 45.0 Å². The molecule has 0 saturated carbocycles. The number of pyridine rings is 1. The second kappa shape index (κ2) is 7.82. The van der Waals surface area contributed by atoms with Gasteiger partial charge in [0.15, 0.2) is 17.8 Å². The van der Waals surface area contributed by atoms with Gasteiger partial charge >= 0.3 is 5.97 Å². The topological polar surface area (TPSA) is 94.3 Å². The first-order chi connectivity index (χ1) is 13.2. The first-order valence-electron chi connectivity index (χ1n) is 8.44. The van der Waals surface area contributed by atoms with Crippen LogP contribution in [0.15, 0.2) is 53.4 Å². The summed E-state index contributed by atoms with van der Waals surface area (Å²) in [7, 11) is 0. The number of nitrogens with zero attached hydrogens (tertiary/aromatic N) is 2. The minimum absolute atomic E-state index is 0.0729. The van der Waals surface area contributed by atoms with Crippen LogP contribution in [0.5, 0.6) is 0 Å². The van der Waals surface area contributed by atoms with Gasteiger partial charge in [-0.3, -0.25) is 4.79 Å². The highest BCUT2D eigenvalue weighted by Gasteiger charge is 2.22. The van der Waals surface area contributed by atoms with Crippen LogP contribution in [0.3, 0.4) is 0 Å². The highest BCUT2D eigenvalue weighted by molar-refractivity contribution is 6.33. The van der Waals surface area contributed by atoms with Gasteiger partial charge in [0.25, 0.3) is 5.91 Å². The van der Waals surface area contributed by atoms with Crippen molar-refractivity contribution in [1.82, 2.24) is 9.97 Å². The molecular weight excluding hydrogens is 382 g/mol. The van der Waals surface area contributed by atoms with Crippen molar-refractivity contribution in [1.29, 1.82) is 0 Å². The largest absolute Gasteiger partial charge is 0.455 e. The molecule has 0 aliphatic heterocycles. The molecule has 0 unspecified atom stereocenters. The van der Waals surface area contributed by atoms with Crippen LogP contribution in [0.25, 0.3) is 11.3 Å². The number of amides is 1. The summed E-state index contributed by atoms with van der Waals surface area (Å²) in [6.45, 7) is 5.28. The van der Waals surface area contributed by atoms with Crippen molar-refractivity contribution in [3.8, 4) is 11.3 Å². The van der Waals surface area contributed by atoms with Crippen LogP contribution in [0, 0.1) is 0 Å². The summed E-state index contributed by atoms with van der Waals surface area (Å²) >= 11 is 6.18. The summed E-state index contributed by atoms with van der Waals surface area (Å²) in [4.78, 5) is 32.8. The molecule has 1 amide bonds. The average Bonchev–Trinajstić information content (AvgIpc) is 3.10. The van der Waals surface area contributed by atoms with E-state index in [1.54, 1.807) is 51.1 Å². The second-order valence-electron chi connectivity index (χ2n) is 6.90. The number of nitrogens with one attached hydrogen (secondary N) is 1. The van der Waals surface area contributed by atoms with Gasteiger partial charge in [0.1, 0.15) is 11.3 Å². The molecule has 0 atom stereocenters. The van der Waals surface area contributed by atoms with E-state index in [1.807, 2.05) is 0 Å². The Balaban J connectivity index is 1.82. The summed E-state index contributed by atoms with van der Waals surface area (Å²) in [5, 5.41) is 3.11. The number of benzene rings is 1. The number of carbonyl (C=O) groups is 2. The number of esters is 1. The van der Waals surface area contributed by atoms with Crippen molar-refractivity contribution in [2.75, 3.05) is 5.32 Å². The summed E-state index contributed by atoms with van der Waals surface area (Å²) in [5.41, 5.74) is 0.427. The molecule has 0 saturated heterocycles. The summed E-state index contributed by atoms with van der Waals surface area (Å²) < 4.78 is 10.7. The Morgan fingerprint density at radius 2 is 1.89 bits per heavy atom. The normalized spacial score (nSPS) is 11.1. The minimum Gasteiger partial charge on any atom is -0.455 e. The van der Waals surface area contributed by atoms with Crippen LogP contribution in [0.4, 0.5) is 5.69 Å². The predicted molar refractivity (Wildman–Crippen MR) is 104 cm³/mol. The maximum Gasteiger partial charge on any atom is 0.357 e. The van der Waals surface area contributed by atoms with E-state index >= 15 is 0 Å². The van der Waals surface area contributed by atoms with Gasteiger partial charge in [-0.1, -0.05) is 23.7 Å². The number of ether oxygens (including phenoxy) is 1. The third kappa shape index (κ3) is 4.55. The van der Waals surface area contributed by atoms with E-state index in [1.165, 1.54) is 18.7 Å². The molecule has 2 aromatic heterocycles. The van der Waals surface area contributed by atoms with Gasteiger partial charge < -0.3 is 14.5 Å². The van der Waals surface area contributed by atoms with E-state index in [4.69, 9.17) is 20.8 Å². The van der Waals surface area contributed by atoms with E-state index in [9.17, 15) is 9.59 Å². The monoisotopic (exact) mass is 399 g/mol. The fraction of sp³-hybridized carbons (Fsp3) is 0.200. The number of halogens is 1. The van der Waals surface area contributed by atoms with Crippen molar-refractivity contribution >= 4 is 29.2 Å². The van der Waals surface area contributed by atoms with Crippen LogP contribution < -0.4 is 5.32 Å². The molecule has 3 aromatic rings. The SMILES string of the molecule is CC(C)(C)OC(=O)c1cc(NC(=O)c2ncoc2-c2ccccc2Cl)ccn1. The molecule has 0 aliphatic rings. The number of carbonyl (C=O) groups excluding carboxylic acids is 2. The second-order valence-corrected chi connectivity index (χ2v) is 7.30. The van der Waals surface area contributed by atoms with Crippen LogP contribution in [0.2, 0.25) is 5.02 Å². The number of aromatic nitrogens is 2. The van der Waals surface area contributed by atoms with Crippen molar-refractivity contribution in [2.45, 2.75) is 26.4 Å². The molecule has 144 valence electrons. The molecule has 1 N–H and O–H groups in total. The maximum atomic E-state index is 12.7. The maximum absolute atomic E-state index is 12.7. The Kier molecular flexibility index (Phi) is 5.46. The van der Waals surface area contributed by atoms with E-state index in [-0.39, 0.29) is 17.1 Å². The molecule has 8 heteroatoms. The summed E-state index contributed by atoms with van der Waals surface area (Å²) in [6, 6.07) is 9.96. The molecule has 1 aromatic carbocycles. The Morgan fingerprint density at radius 3 is 2.61 bits per heavy atom. The molecule has 7 nitrogen and oxygen atoms in total. The van der Waals surface area contributed by atoms with Crippen LogP contribution in [0.1, 0.15) is 41.7 Å². The van der Waals surface area contributed by atoms with E-state index < -0.39 is 17.5 Å². The molecule has 0 spiro atoms. The van der Waals surface area contributed by atoms with Crippen molar-refractivity contribution in [3.05, 3.63) is 65.4 Å². The quantitative estimate of drug-likeness (QED) is 0.644. The van der Waals surface area contributed by atoms with Gasteiger partial charge in [0.05, 0.1) is 5.02 Å². The van der Waals surface area contributed by atoms with E-state index in [2.05, 4.69) is 15.3 Å². The fourth-order valence-corrected chi connectivity index (χ4v) is 2.61. The van der Waals surface area contributed by atoms with Crippen LogP contribution in [-0.4, -0.2) is 27.4 Å².